The maximum absolute atomic E-state index is 14.7. The van der Waals surface area contributed by atoms with Crippen molar-refractivity contribution >= 4 is 11.7 Å². The van der Waals surface area contributed by atoms with E-state index in [4.69, 9.17) is 0 Å². The Morgan fingerprint density at radius 3 is 1.09 bits per heavy atom. The van der Waals surface area contributed by atoms with Crippen molar-refractivity contribution in [2.75, 3.05) is 0 Å². The van der Waals surface area contributed by atoms with Gasteiger partial charge >= 0.3 is 0 Å². The van der Waals surface area contributed by atoms with E-state index in [1.807, 2.05) is 36.4 Å². The highest BCUT2D eigenvalue weighted by Crippen LogP contribution is 2.29. The molecule has 0 unspecified atom stereocenters. The molecule has 0 nitrogen and oxygen atoms in total. The predicted molar refractivity (Wildman–Crippen MR) is 133 cm³/mol. The fourth-order valence-corrected chi connectivity index (χ4v) is 3.59. The average Bonchev–Trinajstić information content (AvgIpc) is 2.85. The fourth-order valence-electron chi connectivity index (χ4n) is 3.59. The van der Waals surface area contributed by atoms with Crippen molar-refractivity contribution in [3.63, 3.8) is 0 Å². The zero-order valence-electron chi connectivity index (χ0n) is 18.5. The fraction of sp³-hybridized carbons (Fsp3) is 0.200. The first-order chi connectivity index (χ1) is 15.6. The van der Waals surface area contributed by atoms with Gasteiger partial charge in [0.2, 0.25) is 0 Å². The quantitative estimate of drug-likeness (QED) is 0.212. The van der Waals surface area contributed by atoms with Gasteiger partial charge in [-0.2, -0.15) is 0 Å². The SMILES string of the molecule is C=CCCc1ccc(CCc2ccc(/C(F)=C(\F)c3ccc(CCC=C)cc3)cc2)cc1. The van der Waals surface area contributed by atoms with Crippen molar-refractivity contribution in [3.05, 3.63) is 131 Å². The standard InChI is InChI=1S/C30H30F2/c1-3-5-7-23-9-11-25(12-10-23)13-14-26-17-21-28(22-18-26)30(32)29(31)27-19-15-24(16-20-27)8-6-4-2/h3-4,9-12,15-22H,1-2,5-8,13-14H2/b30-29+. The summed E-state index contributed by atoms with van der Waals surface area (Å²) in [6, 6.07) is 22.6. The molecule has 0 aliphatic carbocycles. The third kappa shape index (κ3) is 6.62. The molecular weight excluding hydrogens is 398 g/mol. The minimum atomic E-state index is -0.829. The minimum absolute atomic E-state index is 0.255. The van der Waals surface area contributed by atoms with Gasteiger partial charge in [-0.1, -0.05) is 84.9 Å². The summed E-state index contributed by atoms with van der Waals surface area (Å²) in [6.45, 7) is 7.46. The smallest absolute Gasteiger partial charge is 0.166 e. The van der Waals surface area contributed by atoms with Gasteiger partial charge < -0.3 is 0 Å². The zero-order chi connectivity index (χ0) is 22.8. The number of aryl methyl sites for hydroxylation is 4. The van der Waals surface area contributed by atoms with Crippen LogP contribution in [0.3, 0.4) is 0 Å². The van der Waals surface area contributed by atoms with Gasteiger partial charge in [0.05, 0.1) is 0 Å². The van der Waals surface area contributed by atoms with Gasteiger partial charge in [-0.25, -0.2) is 8.78 Å². The molecule has 3 aromatic rings. The summed E-state index contributed by atoms with van der Waals surface area (Å²) < 4.78 is 29.4. The van der Waals surface area contributed by atoms with Crippen molar-refractivity contribution in [3.8, 4) is 0 Å². The van der Waals surface area contributed by atoms with E-state index in [1.165, 1.54) is 11.1 Å². The summed E-state index contributed by atoms with van der Waals surface area (Å²) in [6.07, 6.45) is 9.25. The van der Waals surface area contributed by atoms with E-state index >= 15 is 0 Å². The van der Waals surface area contributed by atoms with Gasteiger partial charge in [-0.05, 0) is 60.8 Å². The van der Waals surface area contributed by atoms with Crippen LogP contribution in [0.5, 0.6) is 0 Å². The molecular formula is C30H30F2. The lowest BCUT2D eigenvalue weighted by molar-refractivity contribution is 0.700. The number of hydrogen-bond donors (Lipinski definition) is 0. The molecule has 32 heavy (non-hydrogen) atoms. The lowest BCUT2D eigenvalue weighted by Crippen LogP contribution is -1.93. The Hall–Kier alpha value is -3.26. The monoisotopic (exact) mass is 428 g/mol. The third-order valence-corrected chi connectivity index (χ3v) is 5.61. The van der Waals surface area contributed by atoms with E-state index in [-0.39, 0.29) is 11.1 Å². The van der Waals surface area contributed by atoms with E-state index in [9.17, 15) is 8.78 Å². The molecule has 0 aliphatic heterocycles. The number of hydrogen-bond acceptors (Lipinski definition) is 0. The molecule has 3 rings (SSSR count). The summed E-state index contributed by atoms with van der Waals surface area (Å²) in [4.78, 5) is 0. The Bertz CT molecular complexity index is 1040. The van der Waals surface area contributed by atoms with Crippen LogP contribution in [-0.4, -0.2) is 0 Å². The van der Waals surface area contributed by atoms with E-state index in [1.54, 1.807) is 24.3 Å². The van der Waals surface area contributed by atoms with Crippen molar-refractivity contribution in [2.24, 2.45) is 0 Å². The molecule has 0 saturated heterocycles. The maximum Gasteiger partial charge on any atom is 0.166 e. The first kappa shape index (κ1) is 23.4. The van der Waals surface area contributed by atoms with Crippen LogP contribution in [0.1, 0.15) is 46.2 Å². The van der Waals surface area contributed by atoms with Crippen LogP contribution < -0.4 is 0 Å². The van der Waals surface area contributed by atoms with E-state index < -0.39 is 11.7 Å². The highest BCUT2D eigenvalue weighted by atomic mass is 19.2. The molecule has 0 amide bonds. The van der Waals surface area contributed by atoms with Crippen molar-refractivity contribution in [2.45, 2.75) is 38.5 Å². The number of rotatable bonds is 11. The second-order valence-corrected chi connectivity index (χ2v) is 7.99. The molecule has 0 heterocycles. The molecule has 0 fully saturated rings. The molecule has 0 aliphatic rings. The van der Waals surface area contributed by atoms with E-state index in [0.717, 1.165) is 49.7 Å². The summed E-state index contributed by atoms with van der Waals surface area (Å²) in [5, 5.41) is 0. The second-order valence-electron chi connectivity index (χ2n) is 7.99. The lowest BCUT2D eigenvalue weighted by atomic mass is 10.0. The largest absolute Gasteiger partial charge is 0.203 e. The second kappa shape index (κ2) is 12.0. The highest BCUT2D eigenvalue weighted by molar-refractivity contribution is 5.83. The van der Waals surface area contributed by atoms with Gasteiger partial charge in [-0.3, -0.25) is 0 Å². The molecule has 0 spiro atoms. The Labute approximate surface area is 190 Å². The molecule has 0 aromatic heterocycles. The van der Waals surface area contributed by atoms with Gasteiger partial charge in [0, 0.05) is 11.1 Å². The number of benzene rings is 3. The van der Waals surface area contributed by atoms with Gasteiger partial charge in [0.15, 0.2) is 11.7 Å². The van der Waals surface area contributed by atoms with Crippen molar-refractivity contribution < 1.29 is 8.78 Å². The van der Waals surface area contributed by atoms with Crippen LogP contribution in [0.25, 0.3) is 11.7 Å². The molecule has 0 atom stereocenters. The Balaban J connectivity index is 1.61. The van der Waals surface area contributed by atoms with Gasteiger partial charge in [0.25, 0.3) is 0 Å². The van der Waals surface area contributed by atoms with E-state index in [2.05, 4.69) is 37.4 Å². The minimum Gasteiger partial charge on any atom is -0.203 e. The molecule has 0 N–H and O–H groups in total. The van der Waals surface area contributed by atoms with E-state index in [0.29, 0.717) is 0 Å². The number of allylic oxidation sites excluding steroid dienone is 2. The topological polar surface area (TPSA) is 0 Å². The molecule has 0 saturated carbocycles. The summed E-state index contributed by atoms with van der Waals surface area (Å²) in [5.41, 5.74) is 5.28. The van der Waals surface area contributed by atoms with Gasteiger partial charge in [0.1, 0.15) is 0 Å². The third-order valence-electron chi connectivity index (χ3n) is 5.61. The van der Waals surface area contributed by atoms with Crippen LogP contribution in [0.2, 0.25) is 0 Å². The highest BCUT2D eigenvalue weighted by Gasteiger charge is 2.11. The molecule has 3 aromatic carbocycles. The zero-order valence-corrected chi connectivity index (χ0v) is 18.5. The van der Waals surface area contributed by atoms with Crippen LogP contribution in [0.4, 0.5) is 8.78 Å². The Morgan fingerprint density at radius 2 is 0.781 bits per heavy atom. The Morgan fingerprint density at radius 1 is 0.500 bits per heavy atom. The molecule has 2 heteroatoms. The first-order valence-corrected chi connectivity index (χ1v) is 11.1. The van der Waals surface area contributed by atoms with Crippen LogP contribution >= 0.6 is 0 Å². The normalized spacial score (nSPS) is 11.7. The first-order valence-electron chi connectivity index (χ1n) is 11.1. The molecule has 164 valence electrons. The summed E-state index contributed by atoms with van der Waals surface area (Å²) >= 11 is 0. The Kier molecular flexibility index (Phi) is 8.74. The lowest BCUT2D eigenvalue weighted by Gasteiger charge is -2.07. The van der Waals surface area contributed by atoms with Crippen molar-refractivity contribution in [1.82, 2.24) is 0 Å². The summed E-state index contributed by atoms with van der Waals surface area (Å²) in [5.74, 6) is -1.66. The summed E-state index contributed by atoms with van der Waals surface area (Å²) in [7, 11) is 0. The number of halogens is 2. The van der Waals surface area contributed by atoms with Gasteiger partial charge in [-0.15, -0.1) is 13.2 Å². The molecule has 0 bridgehead atoms. The predicted octanol–water partition coefficient (Wildman–Crippen LogP) is 8.47. The molecule has 0 radical (unpaired) electrons. The van der Waals surface area contributed by atoms with Crippen LogP contribution in [0.15, 0.2) is 98.1 Å². The van der Waals surface area contributed by atoms with Crippen LogP contribution in [-0.2, 0) is 25.7 Å². The average molecular weight is 429 g/mol. The van der Waals surface area contributed by atoms with Crippen LogP contribution in [0, 0.1) is 0 Å². The maximum atomic E-state index is 14.7. The van der Waals surface area contributed by atoms with Crippen molar-refractivity contribution in [1.29, 1.82) is 0 Å².